The minimum atomic E-state index is -0.498. The lowest BCUT2D eigenvalue weighted by Crippen LogP contribution is -2.34. The molecule has 124 valence electrons. The maximum absolute atomic E-state index is 12.1. The number of carbonyl (C=O) groups is 2. The molecule has 1 aliphatic rings. The van der Waals surface area contributed by atoms with Crippen molar-refractivity contribution >= 4 is 27.8 Å². The fourth-order valence-corrected chi connectivity index (χ4v) is 3.20. The Balaban J connectivity index is 1.55. The number of hydrogen-bond acceptors (Lipinski definition) is 3. The fraction of sp³-hybridized carbons (Fsp3) is 0.263. The highest BCUT2D eigenvalue weighted by Gasteiger charge is 2.21. The highest BCUT2D eigenvalue weighted by molar-refractivity contribution is 9.10. The van der Waals surface area contributed by atoms with Gasteiger partial charge in [-0.15, -0.1) is 0 Å². The molecule has 24 heavy (non-hydrogen) atoms. The molecule has 1 amide bonds. The SMILES string of the molecule is O=C(COC(=O)c1ccc(Br)cc1)N[C@H]1CCCc2ccccc21. The van der Waals surface area contributed by atoms with Gasteiger partial charge in [-0.05, 0) is 54.7 Å². The van der Waals surface area contributed by atoms with Crippen molar-refractivity contribution < 1.29 is 14.3 Å². The third-order valence-electron chi connectivity index (χ3n) is 4.12. The predicted molar refractivity (Wildman–Crippen MR) is 94.7 cm³/mol. The van der Waals surface area contributed by atoms with Crippen molar-refractivity contribution in [3.8, 4) is 0 Å². The number of halogens is 1. The smallest absolute Gasteiger partial charge is 0.338 e. The van der Waals surface area contributed by atoms with Crippen LogP contribution in [-0.2, 0) is 16.0 Å². The van der Waals surface area contributed by atoms with Crippen LogP contribution in [0.1, 0.15) is 40.4 Å². The first-order valence-corrected chi connectivity index (χ1v) is 8.72. The number of amides is 1. The van der Waals surface area contributed by atoms with Gasteiger partial charge in [-0.3, -0.25) is 4.79 Å². The lowest BCUT2D eigenvalue weighted by molar-refractivity contribution is -0.125. The summed E-state index contributed by atoms with van der Waals surface area (Å²) in [6, 6.07) is 15.0. The summed E-state index contributed by atoms with van der Waals surface area (Å²) in [5.41, 5.74) is 2.87. The molecule has 0 saturated heterocycles. The molecule has 0 radical (unpaired) electrons. The Bertz CT molecular complexity index is 743. The van der Waals surface area contributed by atoms with E-state index in [0.29, 0.717) is 5.56 Å². The van der Waals surface area contributed by atoms with Crippen LogP contribution >= 0.6 is 15.9 Å². The lowest BCUT2D eigenvalue weighted by atomic mass is 9.88. The van der Waals surface area contributed by atoms with Crippen molar-refractivity contribution in [2.75, 3.05) is 6.61 Å². The van der Waals surface area contributed by atoms with Crippen LogP contribution in [0, 0.1) is 0 Å². The zero-order chi connectivity index (χ0) is 16.9. The molecule has 4 nitrogen and oxygen atoms in total. The quantitative estimate of drug-likeness (QED) is 0.811. The van der Waals surface area contributed by atoms with Gasteiger partial charge < -0.3 is 10.1 Å². The van der Waals surface area contributed by atoms with E-state index in [9.17, 15) is 9.59 Å². The first kappa shape index (κ1) is 16.7. The molecule has 0 saturated carbocycles. The number of carbonyl (C=O) groups excluding carboxylic acids is 2. The fourth-order valence-electron chi connectivity index (χ4n) is 2.94. The number of ether oxygens (including phenoxy) is 1. The molecular formula is C19H18BrNO3. The minimum Gasteiger partial charge on any atom is -0.452 e. The molecule has 0 unspecified atom stereocenters. The second kappa shape index (κ2) is 7.62. The maximum atomic E-state index is 12.1. The topological polar surface area (TPSA) is 55.4 Å². The molecule has 0 aliphatic heterocycles. The Hall–Kier alpha value is -2.14. The van der Waals surface area contributed by atoms with Gasteiger partial charge in [0.25, 0.3) is 5.91 Å². The predicted octanol–water partition coefficient (Wildman–Crippen LogP) is 3.80. The summed E-state index contributed by atoms with van der Waals surface area (Å²) < 4.78 is 5.98. The van der Waals surface area contributed by atoms with Crippen LogP contribution in [0.5, 0.6) is 0 Å². The molecule has 0 heterocycles. The van der Waals surface area contributed by atoms with Crippen LogP contribution in [0.15, 0.2) is 53.0 Å². The number of aryl methyl sites for hydroxylation is 1. The van der Waals surface area contributed by atoms with Crippen LogP contribution in [0.25, 0.3) is 0 Å². The average molecular weight is 388 g/mol. The van der Waals surface area contributed by atoms with E-state index in [-0.39, 0.29) is 18.6 Å². The molecule has 1 atom stereocenters. The second-order valence-electron chi connectivity index (χ2n) is 5.79. The van der Waals surface area contributed by atoms with Gasteiger partial charge in [0, 0.05) is 4.47 Å². The van der Waals surface area contributed by atoms with Gasteiger partial charge in [-0.25, -0.2) is 4.79 Å². The van der Waals surface area contributed by atoms with E-state index in [2.05, 4.69) is 27.3 Å². The molecule has 1 aliphatic carbocycles. The Kier molecular flexibility index (Phi) is 5.30. The molecule has 2 aromatic rings. The average Bonchev–Trinajstić information content (AvgIpc) is 2.61. The number of rotatable bonds is 4. The molecule has 0 spiro atoms. The third-order valence-corrected chi connectivity index (χ3v) is 4.65. The minimum absolute atomic E-state index is 0.00571. The van der Waals surface area contributed by atoms with Crippen LogP contribution < -0.4 is 5.32 Å². The summed E-state index contributed by atoms with van der Waals surface area (Å²) in [6.07, 6.45) is 2.99. The van der Waals surface area contributed by atoms with Crippen LogP contribution in [-0.4, -0.2) is 18.5 Å². The van der Waals surface area contributed by atoms with E-state index in [1.165, 1.54) is 5.56 Å². The zero-order valence-corrected chi connectivity index (χ0v) is 14.7. The molecule has 0 aromatic heterocycles. The van der Waals surface area contributed by atoms with Gasteiger partial charge in [-0.1, -0.05) is 40.2 Å². The molecule has 2 aromatic carbocycles. The Morgan fingerprint density at radius 1 is 1.12 bits per heavy atom. The Morgan fingerprint density at radius 3 is 2.67 bits per heavy atom. The van der Waals surface area contributed by atoms with Crippen LogP contribution in [0.2, 0.25) is 0 Å². The van der Waals surface area contributed by atoms with Gasteiger partial charge >= 0.3 is 5.97 Å². The summed E-state index contributed by atoms with van der Waals surface area (Å²) in [7, 11) is 0. The summed E-state index contributed by atoms with van der Waals surface area (Å²) in [5, 5.41) is 2.97. The summed E-state index contributed by atoms with van der Waals surface area (Å²) in [5.74, 6) is -0.774. The molecule has 3 rings (SSSR count). The van der Waals surface area contributed by atoms with Gasteiger partial charge in [-0.2, -0.15) is 0 Å². The van der Waals surface area contributed by atoms with E-state index in [0.717, 1.165) is 29.3 Å². The monoisotopic (exact) mass is 387 g/mol. The molecule has 0 fully saturated rings. The standard InChI is InChI=1S/C19H18BrNO3/c20-15-10-8-14(9-11-15)19(23)24-12-18(22)21-17-7-3-5-13-4-1-2-6-16(13)17/h1-2,4,6,8-11,17H,3,5,7,12H2,(H,21,22)/t17-/m0/s1. The van der Waals surface area contributed by atoms with E-state index in [1.807, 2.05) is 18.2 Å². The zero-order valence-electron chi connectivity index (χ0n) is 13.1. The normalized spacial score (nSPS) is 16.1. The molecule has 5 heteroatoms. The van der Waals surface area contributed by atoms with Crippen LogP contribution in [0.4, 0.5) is 0 Å². The van der Waals surface area contributed by atoms with Gasteiger partial charge in [0.2, 0.25) is 0 Å². The number of hydrogen-bond donors (Lipinski definition) is 1. The van der Waals surface area contributed by atoms with Crippen molar-refractivity contribution in [2.24, 2.45) is 0 Å². The van der Waals surface area contributed by atoms with Crippen molar-refractivity contribution in [1.29, 1.82) is 0 Å². The second-order valence-corrected chi connectivity index (χ2v) is 6.71. The highest BCUT2D eigenvalue weighted by Crippen LogP contribution is 2.29. The Morgan fingerprint density at radius 2 is 1.88 bits per heavy atom. The summed E-state index contributed by atoms with van der Waals surface area (Å²) >= 11 is 3.31. The molecule has 1 N–H and O–H groups in total. The first-order valence-electron chi connectivity index (χ1n) is 7.93. The van der Waals surface area contributed by atoms with Crippen molar-refractivity contribution in [3.05, 3.63) is 69.7 Å². The number of nitrogens with one attached hydrogen (secondary N) is 1. The Labute approximate surface area is 149 Å². The van der Waals surface area contributed by atoms with Crippen molar-refractivity contribution in [2.45, 2.75) is 25.3 Å². The first-order chi connectivity index (χ1) is 11.6. The molecule has 0 bridgehead atoms. The number of esters is 1. The lowest BCUT2D eigenvalue weighted by Gasteiger charge is -2.26. The summed E-state index contributed by atoms with van der Waals surface area (Å²) in [6.45, 7) is -0.270. The van der Waals surface area contributed by atoms with E-state index in [1.54, 1.807) is 24.3 Å². The van der Waals surface area contributed by atoms with Crippen molar-refractivity contribution in [3.63, 3.8) is 0 Å². The largest absolute Gasteiger partial charge is 0.452 e. The maximum Gasteiger partial charge on any atom is 0.338 e. The van der Waals surface area contributed by atoms with Crippen LogP contribution in [0.3, 0.4) is 0 Å². The van der Waals surface area contributed by atoms with Gasteiger partial charge in [0.1, 0.15) is 0 Å². The van der Waals surface area contributed by atoms with Gasteiger partial charge in [0.05, 0.1) is 11.6 Å². The number of fused-ring (bicyclic) bond motifs is 1. The van der Waals surface area contributed by atoms with Crippen molar-refractivity contribution in [1.82, 2.24) is 5.32 Å². The van der Waals surface area contributed by atoms with E-state index in [4.69, 9.17) is 4.74 Å². The highest BCUT2D eigenvalue weighted by atomic mass is 79.9. The third kappa shape index (κ3) is 4.03. The summed E-state index contributed by atoms with van der Waals surface area (Å²) in [4.78, 5) is 24.0. The number of benzene rings is 2. The molecular weight excluding hydrogens is 370 g/mol. The van der Waals surface area contributed by atoms with E-state index < -0.39 is 5.97 Å². The van der Waals surface area contributed by atoms with Gasteiger partial charge in [0.15, 0.2) is 6.61 Å². The van der Waals surface area contributed by atoms with E-state index >= 15 is 0 Å².